The van der Waals surface area contributed by atoms with Gasteiger partial charge in [0.25, 0.3) is 0 Å². The molecule has 2 N–H and O–H groups in total. The fourth-order valence-electron chi connectivity index (χ4n) is 3.96. The van der Waals surface area contributed by atoms with Gasteiger partial charge in [0.05, 0.1) is 17.4 Å². The van der Waals surface area contributed by atoms with Gasteiger partial charge in [-0.3, -0.25) is 0 Å². The molecule has 2 aromatic carbocycles. The van der Waals surface area contributed by atoms with Crippen molar-refractivity contribution in [1.82, 2.24) is 0 Å². The monoisotopic (exact) mass is 455 g/mol. The molecule has 1 unspecified atom stereocenters. The lowest BCUT2D eigenvalue weighted by molar-refractivity contribution is 0.166. The number of rotatable bonds is 4. The molecule has 2 aromatic heterocycles. The molecule has 0 bridgehead atoms. The molecule has 0 saturated heterocycles. The summed E-state index contributed by atoms with van der Waals surface area (Å²) in [5.41, 5.74) is 2.01. The molecular formula is C23H21NO5S2. The van der Waals surface area contributed by atoms with Gasteiger partial charge in [0.15, 0.2) is 11.5 Å². The smallest absolute Gasteiger partial charge is 0.238 e. The average Bonchev–Trinajstić information content (AvgIpc) is 3.28. The summed E-state index contributed by atoms with van der Waals surface area (Å²) in [6.07, 6.45) is 0.359. The number of fused-ring (bicyclic) bond motifs is 2. The zero-order valence-corrected chi connectivity index (χ0v) is 18.4. The molecule has 1 aliphatic heterocycles. The van der Waals surface area contributed by atoms with E-state index in [1.807, 2.05) is 24.3 Å². The average molecular weight is 456 g/mol. The molecule has 160 valence electrons. The van der Waals surface area contributed by atoms with Crippen molar-refractivity contribution in [3.63, 3.8) is 0 Å². The summed E-state index contributed by atoms with van der Waals surface area (Å²) in [7, 11) is -3.83. The third-order valence-corrected chi connectivity index (χ3v) is 7.50. The summed E-state index contributed by atoms with van der Waals surface area (Å²) in [6.45, 7) is 2.47. The minimum atomic E-state index is -3.83. The molecule has 31 heavy (non-hydrogen) atoms. The van der Waals surface area contributed by atoms with Crippen LogP contribution in [0.2, 0.25) is 0 Å². The Morgan fingerprint density at radius 1 is 1.10 bits per heavy atom. The van der Waals surface area contributed by atoms with Crippen molar-refractivity contribution >= 4 is 32.3 Å². The Hall–Kier alpha value is -2.81. The first-order valence-corrected chi connectivity index (χ1v) is 12.3. The Labute approximate surface area is 184 Å². The summed E-state index contributed by atoms with van der Waals surface area (Å²) in [5.74, 6) is 1.58. The van der Waals surface area contributed by atoms with E-state index in [0.29, 0.717) is 24.5 Å². The second-order valence-electron chi connectivity index (χ2n) is 7.58. The van der Waals surface area contributed by atoms with Gasteiger partial charge < -0.3 is 13.9 Å². The van der Waals surface area contributed by atoms with Crippen LogP contribution in [0.25, 0.3) is 11.0 Å². The minimum absolute atomic E-state index is 0.00349. The van der Waals surface area contributed by atoms with E-state index in [2.05, 4.69) is 24.4 Å². The Morgan fingerprint density at radius 3 is 2.68 bits per heavy atom. The van der Waals surface area contributed by atoms with Crippen LogP contribution in [0.3, 0.4) is 0 Å². The van der Waals surface area contributed by atoms with Gasteiger partial charge in [-0.25, -0.2) is 13.6 Å². The summed E-state index contributed by atoms with van der Waals surface area (Å²) >= 11 is 1.67. The Kier molecular flexibility index (Phi) is 5.00. The fraction of sp³-hybridized carbons (Fsp3) is 0.217. The van der Waals surface area contributed by atoms with Gasteiger partial charge in [-0.1, -0.05) is 18.2 Å². The molecule has 0 amide bonds. The predicted octanol–water partition coefficient (Wildman–Crippen LogP) is 4.81. The number of sulfonamides is 1. The molecule has 2 atom stereocenters. The van der Waals surface area contributed by atoms with E-state index in [4.69, 9.17) is 19.0 Å². The van der Waals surface area contributed by atoms with Crippen molar-refractivity contribution in [2.75, 3.05) is 6.61 Å². The summed E-state index contributed by atoms with van der Waals surface area (Å²) in [4.78, 5) is 1.17. The largest absolute Gasteiger partial charge is 0.490 e. The Morgan fingerprint density at radius 2 is 1.94 bits per heavy atom. The Bertz CT molecular complexity index is 1320. The Balaban J connectivity index is 1.57. The van der Waals surface area contributed by atoms with Gasteiger partial charge in [0, 0.05) is 22.8 Å². The molecule has 8 heteroatoms. The first-order chi connectivity index (χ1) is 14.9. The predicted molar refractivity (Wildman–Crippen MR) is 119 cm³/mol. The van der Waals surface area contributed by atoms with E-state index in [0.717, 1.165) is 16.7 Å². The van der Waals surface area contributed by atoms with E-state index in [1.54, 1.807) is 17.4 Å². The third kappa shape index (κ3) is 3.82. The van der Waals surface area contributed by atoms with Crippen LogP contribution >= 0.6 is 11.3 Å². The van der Waals surface area contributed by atoms with E-state index < -0.39 is 10.0 Å². The van der Waals surface area contributed by atoms with Crippen LogP contribution in [0, 0.1) is 6.92 Å². The highest BCUT2D eigenvalue weighted by Gasteiger charge is 2.34. The summed E-state index contributed by atoms with van der Waals surface area (Å²) in [6, 6.07) is 16.5. The minimum Gasteiger partial charge on any atom is -0.490 e. The van der Waals surface area contributed by atoms with Gasteiger partial charge in [0.1, 0.15) is 17.4 Å². The van der Waals surface area contributed by atoms with Crippen LogP contribution in [0.15, 0.2) is 69.3 Å². The van der Waals surface area contributed by atoms with Crippen LogP contribution in [-0.4, -0.2) is 21.1 Å². The molecule has 0 spiro atoms. The normalized spacial score (nSPS) is 17.4. The number of furan rings is 1. The van der Waals surface area contributed by atoms with Crippen molar-refractivity contribution in [3.05, 3.63) is 76.2 Å². The van der Waals surface area contributed by atoms with Crippen molar-refractivity contribution < 1.29 is 22.3 Å². The number of benzene rings is 2. The van der Waals surface area contributed by atoms with E-state index >= 15 is 0 Å². The second kappa shape index (κ2) is 7.71. The molecule has 3 heterocycles. The van der Waals surface area contributed by atoms with Crippen molar-refractivity contribution in [1.29, 1.82) is 0 Å². The first-order valence-electron chi connectivity index (χ1n) is 9.89. The van der Waals surface area contributed by atoms with Gasteiger partial charge in [0.2, 0.25) is 10.0 Å². The van der Waals surface area contributed by atoms with Crippen molar-refractivity contribution in [2.24, 2.45) is 5.14 Å². The van der Waals surface area contributed by atoms with Crippen LogP contribution in [-0.2, 0) is 10.0 Å². The van der Waals surface area contributed by atoms with E-state index in [-0.39, 0.29) is 16.9 Å². The highest BCUT2D eigenvalue weighted by atomic mass is 32.2. The van der Waals surface area contributed by atoms with Crippen molar-refractivity contribution in [3.8, 4) is 11.5 Å². The van der Waals surface area contributed by atoms with Gasteiger partial charge >= 0.3 is 0 Å². The first kappa shape index (κ1) is 20.1. The maximum absolute atomic E-state index is 11.7. The molecule has 0 saturated carbocycles. The molecule has 0 aliphatic carbocycles. The third-order valence-electron chi connectivity index (χ3n) is 5.49. The maximum atomic E-state index is 11.7. The maximum Gasteiger partial charge on any atom is 0.238 e. The topological polar surface area (TPSA) is 91.8 Å². The van der Waals surface area contributed by atoms with E-state index in [9.17, 15) is 8.42 Å². The van der Waals surface area contributed by atoms with Gasteiger partial charge in [-0.2, -0.15) is 0 Å². The molecule has 0 fully saturated rings. The molecule has 0 radical (unpaired) electrons. The standard InChI is InChI=1S/C23H21NO5S2/c1-14-9-11-30-23(14)22(21-12-15-4-2-3-5-17(15)28-21)19-8-10-27-20-13-16(31(24,25)26)6-7-18(20)29-19/h2-7,9,11-13,19,22H,8,10H2,1H3,(H2,24,25,26)/t19?,22-/m1/s1. The van der Waals surface area contributed by atoms with Gasteiger partial charge in [-0.15, -0.1) is 11.3 Å². The SMILES string of the molecule is Cc1ccsc1[C@@H](c1cc2ccccc2o1)C1CCOc2cc(S(N)(=O)=O)ccc2O1. The number of primary sulfonamides is 1. The fourth-order valence-corrected chi connectivity index (χ4v) is 5.57. The number of aryl methyl sites for hydroxylation is 1. The lowest BCUT2D eigenvalue weighted by atomic mass is 9.93. The number of para-hydroxylation sites is 1. The van der Waals surface area contributed by atoms with E-state index in [1.165, 1.54) is 22.6 Å². The van der Waals surface area contributed by atoms with Crippen LogP contribution < -0.4 is 14.6 Å². The number of hydrogen-bond acceptors (Lipinski definition) is 6. The number of ether oxygens (including phenoxy) is 2. The zero-order valence-electron chi connectivity index (χ0n) is 16.8. The summed E-state index contributed by atoms with van der Waals surface area (Å²) in [5, 5.41) is 8.37. The molecule has 1 aliphatic rings. The quantitative estimate of drug-likeness (QED) is 0.477. The van der Waals surface area contributed by atoms with Gasteiger partial charge in [-0.05, 0) is 48.2 Å². The number of thiophene rings is 1. The highest BCUT2D eigenvalue weighted by molar-refractivity contribution is 7.89. The van der Waals surface area contributed by atoms with Crippen LogP contribution in [0.1, 0.15) is 28.5 Å². The lowest BCUT2D eigenvalue weighted by Gasteiger charge is -2.25. The zero-order chi connectivity index (χ0) is 21.6. The molecule has 5 rings (SSSR count). The summed E-state index contributed by atoms with van der Waals surface area (Å²) < 4.78 is 41.9. The molecule has 4 aromatic rings. The molecule has 6 nitrogen and oxygen atoms in total. The van der Waals surface area contributed by atoms with Crippen molar-refractivity contribution in [2.45, 2.75) is 30.3 Å². The number of nitrogens with two attached hydrogens (primary N) is 1. The molecular weight excluding hydrogens is 434 g/mol. The highest BCUT2D eigenvalue weighted by Crippen LogP contribution is 2.42. The van der Waals surface area contributed by atoms with Crippen LogP contribution in [0.4, 0.5) is 0 Å². The second-order valence-corrected chi connectivity index (χ2v) is 10.1. The number of hydrogen-bond donors (Lipinski definition) is 1. The lowest BCUT2D eigenvalue weighted by Crippen LogP contribution is -2.26. The van der Waals surface area contributed by atoms with Crippen LogP contribution in [0.5, 0.6) is 11.5 Å².